The Kier molecular flexibility index (Phi) is 4.78. The molecule has 1 aromatic rings. The van der Waals surface area contributed by atoms with E-state index < -0.39 is 0 Å². The largest absolute Gasteiger partial charge is 0.468 e. The molecule has 18 heavy (non-hydrogen) atoms. The highest BCUT2D eigenvalue weighted by atomic mass is 79.9. The molecule has 1 fully saturated rings. The lowest BCUT2D eigenvalue weighted by Crippen LogP contribution is -2.36. The van der Waals surface area contributed by atoms with Gasteiger partial charge in [0.15, 0.2) is 0 Å². The van der Waals surface area contributed by atoms with Crippen molar-refractivity contribution < 1.29 is 9.53 Å². The Morgan fingerprint density at radius 3 is 2.50 bits per heavy atom. The Bertz CT molecular complexity index is 399. The molecule has 0 saturated heterocycles. The summed E-state index contributed by atoms with van der Waals surface area (Å²) in [6, 6.07) is 7.87. The lowest BCUT2D eigenvalue weighted by atomic mass is 10.1. The van der Waals surface area contributed by atoms with Crippen LogP contribution < -0.4 is 5.32 Å². The molecule has 0 heterocycles. The Labute approximate surface area is 116 Å². The number of methoxy groups -OCH3 is 1. The molecule has 98 valence electrons. The summed E-state index contributed by atoms with van der Waals surface area (Å²) in [5, 5.41) is 3.41. The number of nitrogens with one attached hydrogen (secondary N) is 1. The van der Waals surface area contributed by atoms with Crippen LogP contribution in [0.5, 0.6) is 0 Å². The number of hydrogen-bond donors (Lipinski definition) is 1. The Balaban J connectivity index is 2.13. The number of carbonyl (C=O) groups is 1. The molecule has 0 spiro atoms. The summed E-state index contributed by atoms with van der Waals surface area (Å²) in [6.45, 7) is 0. The van der Waals surface area contributed by atoms with Crippen molar-refractivity contribution >= 4 is 21.9 Å². The van der Waals surface area contributed by atoms with Crippen molar-refractivity contribution in [3.05, 3.63) is 34.3 Å². The first kappa shape index (κ1) is 13.6. The standard InChI is InChI=1S/C14H18BrNO2/c1-18-14(17)13(16-12-4-2-3-5-12)10-6-8-11(15)9-7-10/h6-9,12-13,16H,2-5H2,1H3. The average molecular weight is 312 g/mol. The van der Waals surface area contributed by atoms with Gasteiger partial charge in [-0.15, -0.1) is 0 Å². The first-order valence-corrected chi connectivity index (χ1v) is 7.09. The van der Waals surface area contributed by atoms with Crippen molar-refractivity contribution in [2.45, 2.75) is 37.8 Å². The number of carbonyl (C=O) groups excluding carboxylic acids is 1. The van der Waals surface area contributed by atoms with Crippen molar-refractivity contribution in [2.75, 3.05) is 7.11 Å². The summed E-state index contributed by atoms with van der Waals surface area (Å²) in [6.07, 6.45) is 4.77. The summed E-state index contributed by atoms with van der Waals surface area (Å²) < 4.78 is 5.90. The van der Waals surface area contributed by atoms with Gasteiger partial charge in [-0.2, -0.15) is 0 Å². The fourth-order valence-corrected chi connectivity index (χ4v) is 2.67. The molecule has 1 aromatic carbocycles. The third-order valence-corrected chi connectivity index (χ3v) is 3.93. The fourth-order valence-electron chi connectivity index (χ4n) is 2.40. The number of rotatable bonds is 4. The van der Waals surface area contributed by atoms with Crippen molar-refractivity contribution in [2.24, 2.45) is 0 Å². The Morgan fingerprint density at radius 2 is 1.94 bits per heavy atom. The highest BCUT2D eigenvalue weighted by Crippen LogP contribution is 2.24. The van der Waals surface area contributed by atoms with E-state index in [1.807, 2.05) is 24.3 Å². The third kappa shape index (κ3) is 3.33. The molecule has 3 nitrogen and oxygen atoms in total. The van der Waals surface area contributed by atoms with E-state index in [1.165, 1.54) is 20.0 Å². The zero-order valence-electron chi connectivity index (χ0n) is 10.5. The van der Waals surface area contributed by atoms with Gasteiger partial charge in [-0.05, 0) is 30.5 Å². The van der Waals surface area contributed by atoms with Gasteiger partial charge in [0.1, 0.15) is 6.04 Å². The van der Waals surface area contributed by atoms with Crippen LogP contribution in [0.1, 0.15) is 37.3 Å². The molecule has 1 unspecified atom stereocenters. The zero-order valence-corrected chi connectivity index (χ0v) is 12.1. The molecule has 1 aliphatic rings. The second-order valence-electron chi connectivity index (χ2n) is 4.66. The number of hydrogen-bond acceptors (Lipinski definition) is 3. The normalized spacial score (nSPS) is 17.7. The molecule has 0 radical (unpaired) electrons. The molecule has 1 saturated carbocycles. The number of benzene rings is 1. The minimum absolute atomic E-state index is 0.218. The number of ether oxygens (including phenoxy) is 1. The molecule has 4 heteroatoms. The van der Waals surface area contributed by atoms with Gasteiger partial charge in [-0.1, -0.05) is 40.9 Å². The van der Waals surface area contributed by atoms with Gasteiger partial charge >= 0.3 is 5.97 Å². The Morgan fingerprint density at radius 1 is 1.33 bits per heavy atom. The monoisotopic (exact) mass is 311 g/mol. The predicted octanol–water partition coefficient (Wildman–Crippen LogP) is 3.20. The zero-order chi connectivity index (χ0) is 13.0. The van der Waals surface area contributed by atoms with Crippen LogP contribution in [0.3, 0.4) is 0 Å². The minimum atomic E-state index is -0.355. The van der Waals surface area contributed by atoms with Crippen LogP contribution >= 0.6 is 15.9 Å². The van der Waals surface area contributed by atoms with Gasteiger partial charge in [-0.25, -0.2) is 4.79 Å². The van der Waals surface area contributed by atoms with E-state index in [1.54, 1.807) is 0 Å². The van der Waals surface area contributed by atoms with E-state index >= 15 is 0 Å². The van der Waals surface area contributed by atoms with Crippen molar-refractivity contribution in [1.82, 2.24) is 5.32 Å². The second-order valence-corrected chi connectivity index (χ2v) is 5.57. The van der Waals surface area contributed by atoms with Crippen molar-refractivity contribution in [3.8, 4) is 0 Å². The molecule has 1 N–H and O–H groups in total. The first-order chi connectivity index (χ1) is 8.70. The quantitative estimate of drug-likeness (QED) is 0.868. The van der Waals surface area contributed by atoms with Crippen LogP contribution in [0.2, 0.25) is 0 Å². The maximum Gasteiger partial charge on any atom is 0.327 e. The SMILES string of the molecule is COC(=O)C(NC1CCCC1)c1ccc(Br)cc1. The van der Waals surface area contributed by atoms with Gasteiger partial charge in [0.25, 0.3) is 0 Å². The topological polar surface area (TPSA) is 38.3 Å². The molecule has 0 bridgehead atoms. The van der Waals surface area contributed by atoms with Crippen LogP contribution in [0, 0.1) is 0 Å². The summed E-state index contributed by atoms with van der Waals surface area (Å²) >= 11 is 3.40. The van der Waals surface area contributed by atoms with E-state index in [4.69, 9.17) is 4.74 Å². The highest BCUT2D eigenvalue weighted by Gasteiger charge is 2.26. The third-order valence-electron chi connectivity index (χ3n) is 3.40. The van der Waals surface area contributed by atoms with Crippen LogP contribution in [-0.4, -0.2) is 19.1 Å². The lowest BCUT2D eigenvalue weighted by Gasteiger charge is -2.21. The highest BCUT2D eigenvalue weighted by molar-refractivity contribution is 9.10. The molecular weight excluding hydrogens is 294 g/mol. The smallest absolute Gasteiger partial charge is 0.327 e. The molecule has 0 aliphatic heterocycles. The molecule has 0 aromatic heterocycles. The summed E-state index contributed by atoms with van der Waals surface area (Å²) in [5.41, 5.74) is 0.956. The van der Waals surface area contributed by atoms with E-state index in [-0.39, 0.29) is 12.0 Å². The molecular formula is C14H18BrNO2. The molecule has 0 amide bonds. The molecule has 1 atom stereocenters. The van der Waals surface area contributed by atoms with Crippen LogP contribution in [0.4, 0.5) is 0 Å². The maximum absolute atomic E-state index is 11.9. The van der Waals surface area contributed by atoms with E-state index in [9.17, 15) is 4.79 Å². The maximum atomic E-state index is 11.9. The van der Waals surface area contributed by atoms with E-state index in [2.05, 4.69) is 21.2 Å². The van der Waals surface area contributed by atoms with Crippen LogP contribution in [-0.2, 0) is 9.53 Å². The molecule has 2 rings (SSSR count). The van der Waals surface area contributed by atoms with Crippen molar-refractivity contribution in [1.29, 1.82) is 0 Å². The van der Waals surface area contributed by atoms with E-state index in [0.717, 1.165) is 22.9 Å². The fraction of sp³-hybridized carbons (Fsp3) is 0.500. The Hall–Kier alpha value is -0.870. The summed E-state index contributed by atoms with van der Waals surface area (Å²) in [7, 11) is 1.44. The van der Waals surface area contributed by atoms with Crippen molar-refractivity contribution in [3.63, 3.8) is 0 Å². The van der Waals surface area contributed by atoms with E-state index in [0.29, 0.717) is 6.04 Å². The average Bonchev–Trinajstić information content (AvgIpc) is 2.89. The van der Waals surface area contributed by atoms with Crippen LogP contribution in [0.15, 0.2) is 28.7 Å². The van der Waals surface area contributed by atoms with Gasteiger partial charge in [0.2, 0.25) is 0 Å². The minimum Gasteiger partial charge on any atom is -0.468 e. The number of esters is 1. The summed E-state index contributed by atoms with van der Waals surface area (Å²) in [5.74, 6) is -0.218. The lowest BCUT2D eigenvalue weighted by molar-refractivity contribution is -0.143. The molecule has 1 aliphatic carbocycles. The van der Waals surface area contributed by atoms with Gasteiger partial charge in [0.05, 0.1) is 7.11 Å². The van der Waals surface area contributed by atoms with Gasteiger partial charge in [0, 0.05) is 10.5 Å². The first-order valence-electron chi connectivity index (χ1n) is 6.30. The summed E-state index contributed by atoms with van der Waals surface area (Å²) in [4.78, 5) is 11.9. The van der Waals surface area contributed by atoms with Gasteiger partial charge in [-0.3, -0.25) is 5.32 Å². The predicted molar refractivity (Wildman–Crippen MR) is 74.3 cm³/mol. The van der Waals surface area contributed by atoms with Gasteiger partial charge < -0.3 is 4.74 Å². The number of halogens is 1. The second kappa shape index (κ2) is 6.34. The van der Waals surface area contributed by atoms with Crippen LogP contribution in [0.25, 0.3) is 0 Å².